The van der Waals surface area contributed by atoms with Gasteiger partial charge in [0.2, 0.25) is 5.91 Å². The first-order chi connectivity index (χ1) is 15.4. The zero-order valence-corrected chi connectivity index (χ0v) is 18.2. The van der Waals surface area contributed by atoms with Crippen LogP contribution in [0.4, 0.5) is 4.39 Å². The SMILES string of the molecule is CN1CC(C(=O)N2CCc3c(cn(-c4ccc(F)cc4)c(=O)c3C(=O)N3CCCC3)C2)C1. The van der Waals surface area contributed by atoms with E-state index in [4.69, 9.17) is 0 Å². The van der Waals surface area contributed by atoms with Crippen molar-refractivity contribution in [1.82, 2.24) is 19.3 Å². The lowest BCUT2D eigenvalue weighted by Gasteiger charge is -2.40. The number of pyridine rings is 1. The van der Waals surface area contributed by atoms with Gasteiger partial charge in [-0.2, -0.15) is 0 Å². The number of carbonyl (C=O) groups excluding carboxylic acids is 2. The van der Waals surface area contributed by atoms with Gasteiger partial charge in [-0.15, -0.1) is 0 Å². The fourth-order valence-corrected chi connectivity index (χ4v) is 5.05. The van der Waals surface area contributed by atoms with Crippen molar-refractivity contribution in [3.63, 3.8) is 0 Å². The number of rotatable bonds is 3. The molecule has 2 amide bonds. The van der Waals surface area contributed by atoms with E-state index in [9.17, 15) is 18.8 Å². The van der Waals surface area contributed by atoms with Gasteiger partial charge >= 0.3 is 0 Å². The molecule has 5 rings (SSSR count). The molecule has 0 saturated carbocycles. The van der Waals surface area contributed by atoms with E-state index >= 15 is 0 Å². The normalized spacial score (nSPS) is 19.1. The molecular weight excluding hydrogens is 411 g/mol. The van der Waals surface area contributed by atoms with Crippen molar-refractivity contribution in [2.45, 2.75) is 25.8 Å². The van der Waals surface area contributed by atoms with Gasteiger partial charge in [-0.25, -0.2) is 4.39 Å². The molecule has 3 aliphatic rings. The number of nitrogens with zero attached hydrogens (tertiary/aromatic N) is 4. The van der Waals surface area contributed by atoms with Crippen molar-refractivity contribution < 1.29 is 14.0 Å². The third-order valence-corrected chi connectivity index (χ3v) is 6.84. The first-order valence-corrected chi connectivity index (χ1v) is 11.2. The van der Waals surface area contributed by atoms with Gasteiger partial charge in [-0.1, -0.05) is 0 Å². The summed E-state index contributed by atoms with van der Waals surface area (Å²) in [6.07, 6.45) is 4.08. The molecule has 168 valence electrons. The second-order valence-corrected chi connectivity index (χ2v) is 9.09. The van der Waals surface area contributed by atoms with Crippen LogP contribution in [0.15, 0.2) is 35.3 Å². The first-order valence-electron chi connectivity index (χ1n) is 11.2. The maximum atomic E-state index is 13.5. The van der Waals surface area contributed by atoms with Crippen molar-refractivity contribution in [3.8, 4) is 5.69 Å². The van der Waals surface area contributed by atoms with Gasteiger partial charge in [0.1, 0.15) is 11.4 Å². The molecule has 2 aromatic rings. The van der Waals surface area contributed by atoms with Gasteiger partial charge in [0, 0.05) is 51.2 Å². The number of hydrogen-bond donors (Lipinski definition) is 0. The van der Waals surface area contributed by atoms with E-state index in [1.807, 2.05) is 11.9 Å². The highest BCUT2D eigenvalue weighted by atomic mass is 19.1. The van der Waals surface area contributed by atoms with E-state index < -0.39 is 5.82 Å². The second-order valence-electron chi connectivity index (χ2n) is 9.09. The van der Waals surface area contributed by atoms with Crippen molar-refractivity contribution in [2.75, 3.05) is 39.8 Å². The Labute approximate surface area is 186 Å². The summed E-state index contributed by atoms with van der Waals surface area (Å²) in [5.41, 5.74) is 1.87. The highest BCUT2D eigenvalue weighted by Crippen LogP contribution is 2.26. The maximum absolute atomic E-state index is 13.5. The summed E-state index contributed by atoms with van der Waals surface area (Å²) in [7, 11) is 1.99. The number of halogens is 1. The highest BCUT2D eigenvalue weighted by molar-refractivity contribution is 5.96. The molecule has 1 aromatic heterocycles. The minimum absolute atomic E-state index is 0.00950. The Hall–Kier alpha value is -3.00. The number of likely N-dealkylation sites (tertiary alicyclic amines) is 2. The van der Waals surface area contributed by atoms with Gasteiger partial charge in [-0.05, 0) is 61.7 Å². The Kier molecular flexibility index (Phi) is 5.33. The van der Waals surface area contributed by atoms with Crippen LogP contribution in [0.1, 0.15) is 34.3 Å². The molecule has 2 saturated heterocycles. The predicted molar refractivity (Wildman–Crippen MR) is 117 cm³/mol. The van der Waals surface area contributed by atoms with Crippen LogP contribution in [-0.4, -0.2) is 70.9 Å². The monoisotopic (exact) mass is 438 g/mol. The molecule has 0 bridgehead atoms. The standard InChI is InChI=1S/C24H27FN4O3/c1-26-12-17(13-26)22(30)28-11-8-20-16(14-28)15-29(19-6-4-18(25)5-7-19)24(32)21(20)23(31)27-9-2-3-10-27/h4-7,15,17H,2-3,8-14H2,1H3. The van der Waals surface area contributed by atoms with Crippen molar-refractivity contribution in [1.29, 1.82) is 0 Å². The quantitative estimate of drug-likeness (QED) is 0.731. The molecule has 4 heterocycles. The van der Waals surface area contributed by atoms with Crippen LogP contribution in [-0.2, 0) is 17.8 Å². The third-order valence-electron chi connectivity index (χ3n) is 6.84. The molecule has 8 heteroatoms. The van der Waals surface area contributed by atoms with Crippen LogP contribution < -0.4 is 5.56 Å². The molecule has 7 nitrogen and oxygen atoms in total. The number of amides is 2. The van der Waals surface area contributed by atoms with E-state index in [0.29, 0.717) is 38.3 Å². The van der Waals surface area contributed by atoms with Crippen LogP contribution in [0.25, 0.3) is 5.69 Å². The fraction of sp³-hybridized carbons (Fsp3) is 0.458. The molecule has 3 aliphatic heterocycles. The lowest BCUT2D eigenvalue weighted by atomic mass is 9.93. The molecule has 1 aromatic carbocycles. The summed E-state index contributed by atoms with van der Waals surface area (Å²) >= 11 is 0. The summed E-state index contributed by atoms with van der Waals surface area (Å²) in [6.45, 7) is 3.70. The Bertz CT molecular complexity index is 1120. The summed E-state index contributed by atoms with van der Waals surface area (Å²) < 4.78 is 14.9. The van der Waals surface area contributed by atoms with Crippen LogP contribution >= 0.6 is 0 Å². The molecule has 0 radical (unpaired) electrons. The Morgan fingerprint density at radius 2 is 1.69 bits per heavy atom. The van der Waals surface area contributed by atoms with Gasteiger partial charge in [-0.3, -0.25) is 19.0 Å². The Morgan fingerprint density at radius 3 is 2.34 bits per heavy atom. The number of hydrogen-bond acceptors (Lipinski definition) is 4. The summed E-state index contributed by atoms with van der Waals surface area (Å²) in [5.74, 6) is -0.494. The minimum Gasteiger partial charge on any atom is -0.338 e. The van der Waals surface area contributed by atoms with Crippen LogP contribution in [0, 0.1) is 11.7 Å². The van der Waals surface area contributed by atoms with E-state index in [1.165, 1.54) is 28.8 Å². The average Bonchev–Trinajstić information content (AvgIpc) is 3.31. The van der Waals surface area contributed by atoms with E-state index in [2.05, 4.69) is 4.90 Å². The van der Waals surface area contributed by atoms with Crippen LogP contribution in [0.2, 0.25) is 0 Å². The average molecular weight is 439 g/mol. The predicted octanol–water partition coefficient (Wildman–Crippen LogP) is 1.66. The third kappa shape index (κ3) is 3.62. The number of fused-ring (bicyclic) bond motifs is 1. The Balaban J connectivity index is 1.56. The highest BCUT2D eigenvalue weighted by Gasteiger charge is 2.36. The molecule has 0 atom stereocenters. The van der Waals surface area contributed by atoms with E-state index in [-0.39, 0.29) is 28.9 Å². The lowest BCUT2D eigenvalue weighted by Crippen LogP contribution is -2.53. The largest absolute Gasteiger partial charge is 0.338 e. The van der Waals surface area contributed by atoms with Gasteiger partial charge in [0.05, 0.1) is 5.92 Å². The molecule has 0 unspecified atom stereocenters. The number of benzene rings is 1. The maximum Gasteiger partial charge on any atom is 0.268 e. The van der Waals surface area contributed by atoms with E-state index in [0.717, 1.165) is 37.1 Å². The number of aromatic nitrogens is 1. The summed E-state index contributed by atoms with van der Waals surface area (Å²) in [6, 6.07) is 5.66. The lowest BCUT2D eigenvalue weighted by molar-refractivity contribution is -0.141. The van der Waals surface area contributed by atoms with Crippen LogP contribution in [0.3, 0.4) is 0 Å². The molecule has 0 spiro atoms. The molecule has 0 aliphatic carbocycles. The smallest absolute Gasteiger partial charge is 0.268 e. The molecule has 32 heavy (non-hydrogen) atoms. The first kappa shape index (κ1) is 20.9. The van der Waals surface area contributed by atoms with Gasteiger partial charge < -0.3 is 14.7 Å². The molecule has 0 N–H and O–H groups in total. The summed E-state index contributed by atoms with van der Waals surface area (Å²) in [5, 5.41) is 0. The van der Waals surface area contributed by atoms with Gasteiger partial charge in [0.25, 0.3) is 11.5 Å². The number of carbonyl (C=O) groups is 2. The zero-order chi connectivity index (χ0) is 22.4. The molecule has 2 fully saturated rings. The van der Waals surface area contributed by atoms with Crippen molar-refractivity contribution in [2.24, 2.45) is 5.92 Å². The fourth-order valence-electron chi connectivity index (χ4n) is 5.05. The second kappa shape index (κ2) is 8.16. The zero-order valence-electron chi connectivity index (χ0n) is 18.2. The van der Waals surface area contributed by atoms with E-state index in [1.54, 1.807) is 11.1 Å². The van der Waals surface area contributed by atoms with Crippen molar-refractivity contribution in [3.05, 3.63) is 63.3 Å². The summed E-state index contributed by atoms with van der Waals surface area (Å²) in [4.78, 5) is 45.5. The van der Waals surface area contributed by atoms with Gasteiger partial charge in [0.15, 0.2) is 0 Å². The topological polar surface area (TPSA) is 65.9 Å². The minimum atomic E-state index is -0.393. The molecular formula is C24H27FN4O3. The Morgan fingerprint density at radius 1 is 1.00 bits per heavy atom. The van der Waals surface area contributed by atoms with Crippen molar-refractivity contribution >= 4 is 11.8 Å². The van der Waals surface area contributed by atoms with Crippen LogP contribution in [0.5, 0.6) is 0 Å².